The highest BCUT2D eigenvalue weighted by Crippen LogP contribution is 2.20. The summed E-state index contributed by atoms with van der Waals surface area (Å²) in [6, 6.07) is 4.47. The number of hydrogen-bond acceptors (Lipinski definition) is 4. The van der Waals surface area contributed by atoms with Crippen molar-refractivity contribution in [1.29, 1.82) is 0 Å². The number of halogens is 1. The Kier molecular flexibility index (Phi) is 5.38. The summed E-state index contributed by atoms with van der Waals surface area (Å²) >= 11 is 0. The lowest BCUT2D eigenvalue weighted by atomic mass is 10.1. The first-order valence-corrected chi connectivity index (χ1v) is 8.45. The van der Waals surface area contributed by atoms with E-state index in [0.29, 0.717) is 12.5 Å². The van der Waals surface area contributed by atoms with Crippen LogP contribution in [0, 0.1) is 0 Å². The zero-order valence-electron chi connectivity index (χ0n) is 13.7. The Morgan fingerprint density at radius 1 is 1.29 bits per heavy atom. The Balaban J connectivity index is 0.00000169. The molecule has 0 saturated carbocycles. The average molecular weight is 350 g/mol. The number of carbonyl (C=O) groups excluding carboxylic acids is 1. The van der Waals surface area contributed by atoms with Crippen LogP contribution in [0.15, 0.2) is 24.5 Å². The van der Waals surface area contributed by atoms with Crippen molar-refractivity contribution in [1.82, 2.24) is 25.1 Å². The maximum Gasteiger partial charge on any atom is 0.227 e. The first kappa shape index (κ1) is 17.2. The van der Waals surface area contributed by atoms with Crippen LogP contribution in [0.25, 0.3) is 11.0 Å². The number of pyridine rings is 1. The van der Waals surface area contributed by atoms with Gasteiger partial charge in [0.05, 0.1) is 6.42 Å². The van der Waals surface area contributed by atoms with E-state index in [1.54, 1.807) is 6.20 Å². The molecule has 4 heterocycles. The molecule has 7 heteroatoms. The Morgan fingerprint density at radius 2 is 2.12 bits per heavy atom. The minimum atomic E-state index is 0. The lowest BCUT2D eigenvalue weighted by molar-refractivity contribution is -0.129. The number of likely N-dealkylation sites (tertiary alicyclic amines) is 1. The summed E-state index contributed by atoms with van der Waals surface area (Å²) in [7, 11) is 0. The average Bonchev–Trinajstić information content (AvgIpc) is 3.24. The highest BCUT2D eigenvalue weighted by molar-refractivity contribution is 5.87. The number of hydrogen-bond donors (Lipinski definition) is 2. The monoisotopic (exact) mass is 349 g/mol. The Bertz CT molecular complexity index is 697. The highest BCUT2D eigenvalue weighted by atomic mass is 35.5. The molecule has 1 unspecified atom stereocenters. The van der Waals surface area contributed by atoms with Gasteiger partial charge < -0.3 is 15.2 Å². The summed E-state index contributed by atoms with van der Waals surface area (Å²) in [5.41, 5.74) is 1.90. The van der Waals surface area contributed by atoms with Crippen molar-refractivity contribution in [2.45, 2.75) is 18.9 Å². The number of amides is 1. The molecule has 2 fully saturated rings. The molecule has 0 aliphatic carbocycles. The van der Waals surface area contributed by atoms with Gasteiger partial charge in [0, 0.05) is 63.1 Å². The predicted molar refractivity (Wildman–Crippen MR) is 96.5 cm³/mol. The second-order valence-corrected chi connectivity index (χ2v) is 6.46. The van der Waals surface area contributed by atoms with Gasteiger partial charge in [0.1, 0.15) is 5.65 Å². The van der Waals surface area contributed by atoms with Crippen molar-refractivity contribution in [3.8, 4) is 0 Å². The Labute approximate surface area is 148 Å². The first-order valence-electron chi connectivity index (χ1n) is 8.45. The maximum absolute atomic E-state index is 12.6. The summed E-state index contributed by atoms with van der Waals surface area (Å²) in [5.74, 6) is 0.229. The van der Waals surface area contributed by atoms with Crippen LogP contribution in [-0.2, 0) is 11.2 Å². The van der Waals surface area contributed by atoms with Gasteiger partial charge in [-0.1, -0.05) is 0 Å². The van der Waals surface area contributed by atoms with Gasteiger partial charge in [-0.15, -0.1) is 12.4 Å². The van der Waals surface area contributed by atoms with Crippen molar-refractivity contribution in [2.75, 3.05) is 39.3 Å². The Morgan fingerprint density at radius 3 is 2.96 bits per heavy atom. The summed E-state index contributed by atoms with van der Waals surface area (Å²) < 4.78 is 0. The fraction of sp³-hybridized carbons (Fsp3) is 0.529. The molecule has 0 aromatic carbocycles. The molecule has 130 valence electrons. The molecule has 2 saturated heterocycles. The highest BCUT2D eigenvalue weighted by Gasteiger charge is 2.30. The van der Waals surface area contributed by atoms with Gasteiger partial charge in [0.25, 0.3) is 0 Å². The summed E-state index contributed by atoms with van der Waals surface area (Å²) in [5, 5.41) is 4.44. The van der Waals surface area contributed by atoms with E-state index in [0.717, 1.165) is 62.3 Å². The molecule has 0 bridgehead atoms. The van der Waals surface area contributed by atoms with Crippen molar-refractivity contribution in [3.05, 3.63) is 30.1 Å². The number of nitrogens with zero attached hydrogens (tertiary/aromatic N) is 3. The lowest BCUT2D eigenvalue weighted by Crippen LogP contribution is -2.49. The van der Waals surface area contributed by atoms with Crippen LogP contribution in [0.5, 0.6) is 0 Å². The van der Waals surface area contributed by atoms with E-state index < -0.39 is 0 Å². The molecule has 2 aromatic rings. The minimum absolute atomic E-state index is 0. The van der Waals surface area contributed by atoms with Crippen molar-refractivity contribution < 1.29 is 4.79 Å². The topological polar surface area (TPSA) is 64.3 Å². The fourth-order valence-corrected chi connectivity index (χ4v) is 3.75. The number of aromatic nitrogens is 2. The lowest BCUT2D eigenvalue weighted by Gasteiger charge is -2.32. The van der Waals surface area contributed by atoms with Gasteiger partial charge in [0.2, 0.25) is 5.91 Å². The number of piperazine rings is 1. The predicted octanol–water partition coefficient (Wildman–Crippen LogP) is 1.03. The number of aromatic amines is 1. The van der Waals surface area contributed by atoms with E-state index in [4.69, 9.17) is 0 Å². The normalized spacial score (nSPS) is 21.8. The van der Waals surface area contributed by atoms with Crippen LogP contribution in [0.4, 0.5) is 0 Å². The smallest absolute Gasteiger partial charge is 0.227 e. The van der Waals surface area contributed by atoms with Gasteiger partial charge in [0.15, 0.2) is 0 Å². The molecule has 2 aliphatic heterocycles. The SMILES string of the molecule is Cl.O=C(Cc1c[nH]c2ncccc12)N1CCC(N2CCNCC2)C1. The minimum Gasteiger partial charge on any atom is -0.346 e. The van der Waals surface area contributed by atoms with Gasteiger partial charge in [-0.3, -0.25) is 9.69 Å². The zero-order valence-corrected chi connectivity index (χ0v) is 14.5. The molecule has 6 nitrogen and oxygen atoms in total. The van der Waals surface area contributed by atoms with Gasteiger partial charge in [-0.25, -0.2) is 4.98 Å². The van der Waals surface area contributed by atoms with E-state index in [-0.39, 0.29) is 18.3 Å². The largest absolute Gasteiger partial charge is 0.346 e. The van der Waals surface area contributed by atoms with Gasteiger partial charge in [-0.05, 0) is 24.1 Å². The first-order chi connectivity index (χ1) is 11.3. The van der Waals surface area contributed by atoms with E-state index in [9.17, 15) is 4.79 Å². The molecule has 0 radical (unpaired) electrons. The van der Waals surface area contributed by atoms with Gasteiger partial charge >= 0.3 is 0 Å². The zero-order chi connectivity index (χ0) is 15.6. The van der Waals surface area contributed by atoms with Crippen LogP contribution in [-0.4, -0.2) is 71.0 Å². The number of H-pyrrole nitrogens is 1. The molecule has 1 amide bonds. The van der Waals surface area contributed by atoms with Crippen LogP contribution < -0.4 is 5.32 Å². The molecule has 2 aromatic heterocycles. The van der Waals surface area contributed by atoms with Crippen LogP contribution >= 0.6 is 12.4 Å². The molecule has 2 aliphatic rings. The molecule has 24 heavy (non-hydrogen) atoms. The van der Waals surface area contributed by atoms with Crippen LogP contribution in [0.2, 0.25) is 0 Å². The van der Waals surface area contributed by atoms with E-state index >= 15 is 0 Å². The third-order valence-electron chi connectivity index (χ3n) is 5.06. The maximum atomic E-state index is 12.6. The molecule has 0 spiro atoms. The van der Waals surface area contributed by atoms with Crippen molar-refractivity contribution in [2.24, 2.45) is 0 Å². The molecular formula is C17H24ClN5O. The standard InChI is InChI=1S/C17H23N5O.ClH/c23-16(10-13-11-20-17-15(13)2-1-4-19-17)22-7-3-14(12-22)21-8-5-18-6-9-21;/h1-2,4,11,14,18H,3,5-10,12H2,(H,19,20);1H. The van der Waals surface area contributed by atoms with Crippen molar-refractivity contribution in [3.63, 3.8) is 0 Å². The number of nitrogens with one attached hydrogen (secondary N) is 2. The third kappa shape index (κ3) is 3.41. The van der Waals surface area contributed by atoms with Crippen molar-refractivity contribution >= 4 is 29.3 Å². The number of fused-ring (bicyclic) bond motifs is 1. The second kappa shape index (κ2) is 7.51. The van der Waals surface area contributed by atoms with Crippen LogP contribution in [0.1, 0.15) is 12.0 Å². The molecule has 2 N–H and O–H groups in total. The van der Waals surface area contributed by atoms with E-state index in [1.165, 1.54) is 0 Å². The summed E-state index contributed by atoms with van der Waals surface area (Å²) in [6.07, 6.45) is 5.24. The molecular weight excluding hydrogens is 326 g/mol. The molecule has 4 rings (SSSR count). The second-order valence-electron chi connectivity index (χ2n) is 6.46. The fourth-order valence-electron chi connectivity index (χ4n) is 3.75. The summed E-state index contributed by atoms with van der Waals surface area (Å²) in [6.45, 7) is 6.08. The number of carbonyl (C=O) groups is 1. The Hall–Kier alpha value is -1.63. The van der Waals surface area contributed by atoms with Gasteiger partial charge in [-0.2, -0.15) is 0 Å². The number of rotatable bonds is 3. The van der Waals surface area contributed by atoms with E-state index in [1.807, 2.05) is 23.2 Å². The third-order valence-corrected chi connectivity index (χ3v) is 5.06. The van der Waals surface area contributed by atoms with E-state index in [2.05, 4.69) is 20.2 Å². The molecule has 1 atom stereocenters. The summed E-state index contributed by atoms with van der Waals surface area (Å²) in [4.78, 5) is 24.6. The van der Waals surface area contributed by atoms with Crippen LogP contribution in [0.3, 0.4) is 0 Å². The quantitative estimate of drug-likeness (QED) is 0.869.